The Labute approximate surface area is 168 Å². The van der Waals surface area contributed by atoms with Gasteiger partial charge < -0.3 is 14.2 Å². The number of benzene rings is 3. The third-order valence-electron chi connectivity index (χ3n) is 3.84. The van der Waals surface area contributed by atoms with Crippen LogP contribution in [0.5, 0.6) is 17.2 Å². The zero-order valence-corrected chi connectivity index (χ0v) is 16.5. The van der Waals surface area contributed by atoms with Crippen LogP contribution in [0.2, 0.25) is 0 Å². The molecule has 28 heavy (non-hydrogen) atoms. The SMILES string of the molecule is COc1cc(/C=N/NC#SNc2ccccc2C)ccc1Oc1ccccc1. The fourth-order valence-electron chi connectivity index (χ4n) is 2.39. The number of ether oxygens (including phenoxy) is 2. The summed E-state index contributed by atoms with van der Waals surface area (Å²) in [7, 11) is 1.61. The maximum absolute atomic E-state index is 5.86. The Hall–Kier alpha value is -3.47. The predicted molar refractivity (Wildman–Crippen MR) is 117 cm³/mol. The standard InChI is InChI=1S/C22H21N3O2S/c1-17-8-6-7-11-20(17)25-28-16-24-23-15-18-12-13-21(22(14-18)26-2)27-19-9-4-3-5-10-19/h3-15,24-25H,1-2H3/b23-15+. The van der Waals surface area contributed by atoms with Crippen LogP contribution < -0.4 is 19.6 Å². The van der Waals surface area contributed by atoms with Crippen molar-refractivity contribution in [1.29, 1.82) is 0 Å². The lowest BCUT2D eigenvalue weighted by Crippen LogP contribution is -1.96. The van der Waals surface area contributed by atoms with Crippen molar-refractivity contribution in [2.75, 3.05) is 11.8 Å². The Bertz CT molecular complexity index is 1010. The third kappa shape index (κ3) is 5.51. The van der Waals surface area contributed by atoms with E-state index in [2.05, 4.69) is 20.6 Å². The molecule has 0 amide bonds. The van der Waals surface area contributed by atoms with Gasteiger partial charge in [-0.15, -0.1) is 0 Å². The molecule has 0 radical (unpaired) electrons. The molecular weight excluding hydrogens is 370 g/mol. The van der Waals surface area contributed by atoms with E-state index in [4.69, 9.17) is 9.47 Å². The van der Waals surface area contributed by atoms with Crippen molar-refractivity contribution in [3.63, 3.8) is 0 Å². The molecule has 3 rings (SSSR count). The molecule has 2 N–H and O–H groups in total. The average molecular weight is 391 g/mol. The summed E-state index contributed by atoms with van der Waals surface area (Å²) in [5.41, 5.74) is 5.86. The third-order valence-corrected chi connectivity index (χ3v) is 4.35. The van der Waals surface area contributed by atoms with E-state index in [9.17, 15) is 0 Å². The second kappa shape index (κ2) is 10.0. The van der Waals surface area contributed by atoms with Gasteiger partial charge in [-0.2, -0.15) is 5.10 Å². The molecule has 0 bridgehead atoms. The first kappa shape index (κ1) is 19.3. The highest BCUT2D eigenvalue weighted by Crippen LogP contribution is 2.31. The lowest BCUT2D eigenvalue weighted by molar-refractivity contribution is 0.379. The van der Waals surface area contributed by atoms with Crippen molar-refractivity contribution in [2.24, 2.45) is 5.10 Å². The van der Waals surface area contributed by atoms with Gasteiger partial charge in [0.2, 0.25) is 0 Å². The number of hydrogen-bond donors (Lipinski definition) is 2. The van der Waals surface area contributed by atoms with E-state index in [0.29, 0.717) is 11.5 Å². The summed E-state index contributed by atoms with van der Waals surface area (Å²) in [6, 6.07) is 23.3. The van der Waals surface area contributed by atoms with Gasteiger partial charge in [0, 0.05) is 11.4 Å². The van der Waals surface area contributed by atoms with Crippen LogP contribution in [-0.2, 0) is 0 Å². The van der Waals surface area contributed by atoms with E-state index in [-0.39, 0.29) is 0 Å². The molecule has 0 unspecified atom stereocenters. The van der Waals surface area contributed by atoms with Gasteiger partial charge in [0.1, 0.15) is 5.75 Å². The van der Waals surface area contributed by atoms with Gasteiger partial charge in [0.25, 0.3) is 0 Å². The summed E-state index contributed by atoms with van der Waals surface area (Å²) in [6.45, 7) is 2.05. The Kier molecular flexibility index (Phi) is 6.90. The largest absolute Gasteiger partial charge is 0.493 e. The van der Waals surface area contributed by atoms with Crippen LogP contribution in [0.25, 0.3) is 0 Å². The van der Waals surface area contributed by atoms with Gasteiger partial charge in [-0.1, -0.05) is 36.4 Å². The maximum Gasteiger partial charge on any atom is 0.169 e. The molecule has 6 heteroatoms. The normalized spacial score (nSPS) is 10.2. The molecule has 0 heterocycles. The minimum Gasteiger partial charge on any atom is -0.493 e. The smallest absolute Gasteiger partial charge is 0.169 e. The van der Waals surface area contributed by atoms with Crippen LogP contribution in [0.4, 0.5) is 5.69 Å². The first-order valence-electron chi connectivity index (χ1n) is 8.68. The van der Waals surface area contributed by atoms with Crippen LogP contribution in [-0.4, -0.2) is 13.3 Å². The summed E-state index contributed by atoms with van der Waals surface area (Å²) < 4.78 is 14.5. The second-order valence-corrected chi connectivity index (χ2v) is 6.43. The lowest BCUT2D eigenvalue weighted by atomic mass is 10.2. The van der Waals surface area contributed by atoms with Crippen LogP contribution in [0.3, 0.4) is 0 Å². The van der Waals surface area contributed by atoms with Gasteiger partial charge in [0.15, 0.2) is 11.5 Å². The molecule has 0 saturated heterocycles. The minimum absolute atomic E-state index is 0.636. The quantitative estimate of drug-likeness (QED) is 0.256. The molecule has 0 spiro atoms. The zero-order chi connectivity index (χ0) is 19.6. The predicted octanol–water partition coefficient (Wildman–Crippen LogP) is 5.40. The maximum atomic E-state index is 5.86. The summed E-state index contributed by atoms with van der Waals surface area (Å²) in [6.07, 6.45) is 1.69. The van der Waals surface area contributed by atoms with Crippen LogP contribution in [0.15, 0.2) is 77.9 Å². The van der Waals surface area contributed by atoms with Gasteiger partial charge in [0.05, 0.1) is 24.3 Å². The van der Waals surface area contributed by atoms with E-state index in [1.807, 2.05) is 79.7 Å². The molecule has 0 saturated carbocycles. The number of methoxy groups -OCH3 is 1. The fourth-order valence-corrected chi connectivity index (χ4v) is 2.88. The molecule has 0 aliphatic heterocycles. The number of para-hydroxylation sites is 2. The highest BCUT2D eigenvalue weighted by molar-refractivity contribution is 7.90. The fraction of sp³-hybridized carbons (Fsp3) is 0.0909. The van der Waals surface area contributed by atoms with E-state index in [0.717, 1.165) is 17.0 Å². The molecule has 0 aliphatic rings. The number of nitrogens with one attached hydrogen (secondary N) is 2. The van der Waals surface area contributed by atoms with E-state index < -0.39 is 0 Å². The van der Waals surface area contributed by atoms with Crippen LogP contribution in [0.1, 0.15) is 11.1 Å². The van der Waals surface area contributed by atoms with Crippen molar-refractivity contribution in [2.45, 2.75) is 6.92 Å². The summed E-state index contributed by atoms with van der Waals surface area (Å²) in [5, 5.41) is 7.05. The van der Waals surface area contributed by atoms with Crippen molar-refractivity contribution in [1.82, 2.24) is 5.43 Å². The van der Waals surface area contributed by atoms with Crippen molar-refractivity contribution >= 4 is 23.3 Å². The van der Waals surface area contributed by atoms with Crippen LogP contribution >= 0.6 is 11.4 Å². The Balaban J connectivity index is 1.58. The zero-order valence-electron chi connectivity index (χ0n) is 15.7. The van der Waals surface area contributed by atoms with Gasteiger partial charge >= 0.3 is 0 Å². The van der Waals surface area contributed by atoms with Crippen LogP contribution in [0, 0.1) is 12.2 Å². The highest BCUT2D eigenvalue weighted by atomic mass is 32.1. The first-order valence-corrected chi connectivity index (χ1v) is 9.49. The number of rotatable bonds is 6. The molecule has 0 atom stereocenters. The Morgan fingerprint density at radius 3 is 2.54 bits per heavy atom. The number of nitrogens with zero attached hydrogens (tertiary/aromatic N) is 1. The van der Waals surface area contributed by atoms with E-state index >= 15 is 0 Å². The molecule has 0 aliphatic carbocycles. The molecule has 0 aromatic heterocycles. The van der Waals surface area contributed by atoms with E-state index in [1.165, 1.54) is 16.9 Å². The van der Waals surface area contributed by atoms with Gasteiger partial charge in [-0.3, -0.25) is 0 Å². The first-order chi connectivity index (χ1) is 13.8. The minimum atomic E-state index is 0.636. The molecule has 142 valence electrons. The Morgan fingerprint density at radius 2 is 1.75 bits per heavy atom. The lowest BCUT2D eigenvalue weighted by Gasteiger charge is -2.10. The average Bonchev–Trinajstić information content (AvgIpc) is 2.73. The van der Waals surface area contributed by atoms with E-state index in [1.54, 1.807) is 13.3 Å². The number of hydrazone groups is 1. The molecule has 0 fully saturated rings. The van der Waals surface area contributed by atoms with Crippen molar-refractivity contribution in [3.05, 3.63) is 83.9 Å². The second-order valence-electron chi connectivity index (χ2n) is 5.82. The molecular formula is C22H21N3O2S. The van der Waals surface area contributed by atoms with Gasteiger partial charge in [-0.05, 0) is 54.4 Å². The monoisotopic (exact) mass is 391 g/mol. The summed E-state index contributed by atoms with van der Waals surface area (Å²) in [5.74, 6) is 2.04. The van der Waals surface area contributed by atoms with Crippen molar-refractivity contribution < 1.29 is 9.47 Å². The molecule has 3 aromatic carbocycles. The number of anilines is 1. The molecule has 5 nitrogen and oxygen atoms in total. The highest BCUT2D eigenvalue weighted by Gasteiger charge is 2.06. The topological polar surface area (TPSA) is 54.9 Å². The summed E-state index contributed by atoms with van der Waals surface area (Å²) >= 11 is 1.30. The number of aryl methyl sites for hydroxylation is 1. The summed E-state index contributed by atoms with van der Waals surface area (Å²) in [4.78, 5) is 0. The van der Waals surface area contributed by atoms with Gasteiger partial charge in [-0.25, -0.2) is 5.43 Å². The molecule has 3 aromatic rings. The number of hydrogen-bond acceptors (Lipinski definition) is 5. The Morgan fingerprint density at radius 1 is 0.964 bits per heavy atom. The van der Waals surface area contributed by atoms with Crippen molar-refractivity contribution in [3.8, 4) is 22.6 Å².